The Morgan fingerprint density at radius 2 is 1.76 bits per heavy atom. The molecule has 0 saturated carbocycles. The van der Waals surface area contributed by atoms with Gasteiger partial charge in [-0.2, -0.15) is 0 Å². The summed E-state index contributed by atoms with van der Waals surface area (Å²) in [5, 5.41) is 0. The van der Waals surface area contributed by atoms with Gasteiger partial charge in [0.25, 0.3) is 0 Å². The van der Waals surface area contributed by atoms with E-state index in [2.05, 4.69) is 26.7 Å². The summed E-state index contributed by atoms with van der Waals surface area (Å²) in [5.74, 6) is 0.764. The van der Waals surface area contributed by atoms with Crippen LogP contribution in [0.2, 0.25) is 0 Å². The molecule has 0 aliphatic carbocycles. The lowest BCUT2D eigenvalue weighted by Crippen LogP contribution is -2.53. The molecule has 1 atom stereocenters. The fourth-order valence-electron chi connectivity index (χ4n) is 3.30. The van der Waals surface area contributed by atoms with E-state index in [1.54, 1.807) is 0 Å². The molecule has 0 amide bonds. The Kier molecular flexibility index (Phi) is 5.08. The van der Waals surface area contributed by atoms with Gasteiger partial charge in [-0.1, -0.05) is 0 Å². The summed E-state index contributed by atoms with van der Waals surface area (Å²) in [6.45, 7) is 14.9. The quantitative estimate of drug-likeness (QED) is 0.782. The Balaban J connectivity index is 1.67. The zero-order valence-corrected chi connectivity index (χ0v) is 16.0. The van der Waals surface area contributed by atoms with Gasteiger partial charge in [0.2, 0.25) is 5.95 Å². The lowest BCUT2D eigenvalue weighted by molar-refractivity contribution is 0.00578. The van der Waals surface area contributed by atoms with Crippen molar-refractivity contribution in [2.45, 2.75) is 51.9 Å². The molecule has 0 spiro atoms. The van der Waals surface area contributed by atoms with Crippen molar-refractivity contribution in [3.05, 3.63) is 12.4 Å². The van der Waals surface area contributed by atoms with Gasteiger partial charge in [0, 0.05) is 56.6 Å². The monoisotopic (exact) mass is 347 g/mol. The normalized spacial score (nSPS) is 26.2. The third-order valence-corrected chi connectivity index (χ3v) is 5.60. The molecule has 0 radical (unpaired) electrons. The largest absolute Gasteiger partial charge is 0.498 e. The Bertz CT molecular complexity index is 579. The van der Waals surface area contributed by atoms with Crippen molar-refractivity contribution >= 4 is 18.5 Å². The molecule has 1 aromatic rings. The molecule has 8 heteroatoms. The van der Waals surface area contributed by atoms with Crippen molar-refractivity contribution in [2.75, 3.05) is 37.6 Å². The SMILES string of the molecule is C[C@@H]1CN(CCN)CCN1c1ncc(B2OC(C)(C)C(C)(C)O2)cn1. The topological polar surface area (TPSA) is 76.7 Å². The van der Waals surface area contributed by atoms with Crippen LogP contribution in [0.3, 0.4) is 0 Å². The first-order chi connectivity index (χ1) is 11.7. The Hall–Kier alpha value is -1.22. The summed E-state index contributed by atoms with van der Waals surface area (Å²) >= 11 is 0. The zero-order valence-electron chi connectivity index (χ0n) is 16.0. The van der Waals surface area contributed by atoms with Crippen molar-refractivity contribution in [1.82, 2.24) is 14.9 Å². The first-order valence-corrected chi connectivity index (χ1v) is 9.10. The van der Waals surface area contributed by atoms with Crippen molar-refractivity contribution in [2.24, 2.45) is 5.73 Å². The Morgan fingerprint density at radius 1 is 1.16 bits per heavy atom. The van der Waals surface area contributed by atoms with Gasteiger partial charge in [-0.3, -0.25) is 4.90 Å². The lowest BCUT2D eigenvalue weighted by atomic mass is 9.81. The summed E-state index contributed by atoms with van der Waals surface area (Å²) in [6.07, 6.45) is 3.65. The van der Waals surface area contributed by atoms with E-state index in [0.717, 1.165) is 37.6 Å². The predicted molar refractivity (Wildman–Crippen MR) is 100 cm³/mol. The van der Waals surface area contributed by atoms with Gasteiger partial charge in [0.1, 0.15) is 0 Å². The van der Waals surface area contributed by atoms with Gasteiger partial charge in [-0.25, -0.2) is 9.97 Å². The fourth-order valence-corrected chi connectivity index (χ4v) is 3.30. The van der Waals surface area contributed by atoms with E-state index in [0.29, 0.717) is 12.6 Å². The summed E-state index contributed by atoms with van der Waals surface area (Å²) in [5.41, 5.74) is 5.81. The molecular formula is C17H30BN5O2. The molecule has 2 saturated heterocycles. The first-order valence-electron chi connectivity index (χ1n) is 9.10. The van der Waals surface area contributed by atoms with Gasteiger partial charge >= 0.3 is 7.12 Å². The van der Waals surface area contributed by atoms with Crippen LogP contribution < -0.4 is 16.1 Å². The molecule has 0 bridgehead atoms. The molecule has 138 valence electrons. The second-order valence-electron chi connectivity index (χ2n) is 8.04. The van der Waals surface area contributed by atoms with Gasteiger partial charge < -0.3 is 19.9 Å². The van der Waals surface area contributed by atoms with Crippen LogP contribution in [0.4, 0.5) is 5.95 Å². The molecule has 0 aromatic carbocycles. The summed E-state index contributed by atoms with van der Waals surface area (Å²) in [4.78, 5) is 13.8. The minimum atomic E-state index is -0.419. The maximum Gasteiger partial charge on any atom is 0.498 e. The summed E-state index contributed by atoms with van der Waals surface area (Å²) < 4.78 is 12.1. The molecule has 25 heavy (non-hydrogen) atoms. The third kappa shape index (κ3) is 3.67. The molecule has 0 unspecified atom stereocenters. The second kappa shape index (κ2) is 6.83. The van der Waals surface area contributed by atoms with Crippen LogP contribution in [0.1, 0.15) is 34.6 Å². The van der Waals surface area contributed by atoms with E-state index in [1.165, 1.54) is 0 Å². The van der Waals surface area contributed by atoms with E-state index in [1.807, 2.05) is 40.1 Å². The Morgan fingerprint density at radius 3 is 2.28 bits per heavy atom. The molecular weight excluding hydrogens is 317 g/mol. The van der Waals surface area contributed by atoms with Gasteiger partial charge in [-0.05, 0) is 34.6 Å². The van der Waals surface area contributed by atoms with Crippen LogP contribution in [0.25, 0.3) is 0 Å². The summed E-state index contributed by atoms with van der Waals surface area (Å²) in [6, 6.07) is 0.364. The highest BCUT2D eigenvalue weighted by Gasteiger charge is 2.52. The number of nitrogens with two attached hydrogens (primary N) is 1. The van der Waals surface area contributed by atoms with Gasteiger partial charge in [-0.15, -0.1) is 0 Å². The van der Waals surface area contributed by atoms with E-state index in [-0.39, 0.29) is 11.2 Å². The molecule has 2 aliphatic heterocycles. The molecule has 2 aliphatic rings. The van der Waals surface area contributed by atoms with E-state index in [4.69, 9.17) is 15.0 Å². The Labute approximate surface area is 151 Å². The number of piperazine rings is 1. The highest BCUT2D eigenvalue weighted by molar-refractivity contribution is 6.61. The maximum atomic E-state index is 6.06. The number of hydrogen-bond donors (Lipinski definition) is 1. The number of rotatable bonds is 4. The molecule has 2 fully saturated rings. The van der Waals surface area contributed by atoms with Crippen LogP contribution in [0.5, 0.6) is 0 Å². The molecule has 2 N–H and O–H groups in total. The van der Waals surface area contributed by atoms with E-state index >= 15 is 0 Å². The van der Waals surface area contributed by atoms with Crippen molar-refractivity contribution in [3.63, 3.8) is 0 Å². The molecule has 7 nitrogen and oxygen atoms in total. The minimum Gasteiger partial charge on any atom is -0.399 e. The van der Waals surface area contributed by atoms with Crippen molar-refractivity contribution in [3.8, 4) is 0 Å². The summed E-state index contributed by atoms with van der Waals surface area (Å²) in [7, 11) is -0.419. The smallest absolute Gasteiger partial charge is 0.399 e. The lowest BCUT2D eigenvalue weighted by Gasteiger charge is -2.39. The van der Waals surface area contributed by atoms with Crippen molar-refractivity contribution < 1.29 is 9.31 Å². The maximum absolute atomic E-state index is 6.06. The third-order valence-electron chi connectivity index (χ3n) is 5.60. The van der Waals surface area contributed by atoms with E-state index in [9.17, 15) is 0 Å². The van der Waals surface area contributed by atoms with Gasteiger partial charge in [0.05, 0.1) is 11.2 Å². The van der Waals surface area contributed by atoms with Crippen LogP contribution in [-0.4, -0.2) is 72.0 Å². The minimum absolute atomic E-state index is 0.357. The van der Waals surface area contributed by atoms with Crippen LogP contribution in [-0.2, 0) is 9.31 Å². The second-order valence-corrected chi connectivity index (χ2v) is 8.04. The average Bonchev–Trinajstić information content (AvgIpc) is 2.76. The number of hydrogen-bond acceptors (Lipinski definition) is 7. The standard InChI is InChI=1S/C17H30BN5O2/c1-13-12-22(7-6-19)8-9-23(13)15-20-10-14(11-21-15)18-24-16(2,3)17(4,5)25-18/h10-11,13H,6-9,12,19H2,1-5H3/t13-/m1/s1. The van der Waals surface area contributed by atoms with E-state index < -0.39 is 7.12 Å². The molecule has 1 aromatic heterocycles. The number of anilines is 1. The van der Waals surface area contributed by atoms with Gasteiger partial charge in [0.15, 0.2) is 0 Å². The number of aromatic nitrogens is 2. The first kappa shape index (κ1) is 18.6. The van der Waals surface area contributed by atoms with Crippen LogP contribution in [0.15, 0.2) is 12.4 Å². The van der Waals surface area contributed by atoms with Crippen LogP contribution in [0, 0.1) is 0 Å². The van der Waals surface area contributed by atoms with Crippen molar-refractivity contribution in [1.29, 1.82) is 0 Å². The van der Waals surface area contributed by atoms with Crippen LogP contribution >= 0.6 is 0 Å². The highest BCUT2D eigenvalue weighted by atomic mass is 16.7. The molecule has 3 heterocycles. The number of nitrogens with zero attached hydrogens (tertiary/aromatic N) is 4. The average molecular weight is 347 g/mol. The highest BCUT2D eigenvalue weighted by Crippen LogP contribution is 2.36. The fraction of sp³-hybridized carbons (Fsp3) is 0.765. The molecule has 3 rings (SSSR count). The predicted octanol–water partition coefficient (Wildman–Crippen LogP) is 0.245. The zero-order chi connectivity index (χ0) is 18.2.